The molecule has 0 aromatic rings. The van der Waals surface area contributed by atoms with Gasteiger partial charge in [-0.25, -0.2) is 4.79 Å². The molecule has 1 fully saturated rings. The number of likely N-dealkylation sites (tertiary alicyclic amines) is 1. The minimum absolute atomic E-state index is 0.117. The van der Waals surface area contributed by atoms with Crippen LogP contribution in [0.25, 0.3) is 0 Å². The predicted octanol–water partition coefficient (Wildman–Crippen LogP) is 1.63. The quantitative estimate of drug-likeness (QED) is 0.723. The fraction of sp³-hybridized carbons (Fsp3) is 0.909. The Morgan fingerprint density at radius 3 is 2.53 bits per heavy atom. The van der Waals surface area contributed by atoms with E-state index in [1.807, 2.05) is 27.7 Å². The fourth-order valence-corrected chi connectivity index (χ4v) is 1.64. The first-order valence-corrected chi connectivity index (χ1v) is 5.35. The lowest BCUT2D eigenvalue weighted by Gasteiger charge is -2.26. The molecule has 0 radical (unpaired) electrons. The minimum atomic E-state index is -0.449. The maximum absolute atomic E-state index is 11.7. The van der Waals surface area contributed by atoms with Crippen molar-refractivity contribution in [2.75, 3.05) is 19.7 Å². The van der Waals surface area contributed by atoms with Crippen LogP contribution in [0.5, 0.6) is 0 Å². The van der Waals surface area contributed by atoms with E-state index in [-0.39, 0.29) is 18.1 Å². The summed E-state index contributed by atoms with van der Waals surface area (Å²) in [6.07, 6.45) is 0.558. The summed E-state index contributed by atoms with van der Waals surface area (Å²) in [4.78, 5) is 13.4. The summed E-state index contributed by atoms with van der Waals surface area (Å²) >= 11 is 0. The van der Waals surface area contributed by atoms with E-state index in [0.717, 1.165) is 6.42 Å². The Bertz CT molecular complexity index is 247. The van der Waals surface area contributed by atoms with Gasteiger partial charge in [0, 0.05) is 18.5 Å². The van der Waals surface area contributed by atoms with Gasteiger partial charge in [0.2, 0.25) is 0 Å². The first kappa shape index (κ1) is 12.3. The van der Waals surface area contributed by atoms with Crippen LogP contribution in [0.2, 0.25) is 0 Å². The van der Waals surface area contributed by atoms with Crippen molar-refractivity contribution in [2.24, 2.45) is 5.41 Å². The Hall–Kier alpha value is -0.770. The average Bonchev–Trinajstić information content (AvgIpc) is 2.46. The molecule has 1 heterocycles. The molecule has 1 amide bonds. The van der Waals surface area contributed by atoms with E-state index in [1.165, 1.54) is 0 Å². The molecule has 88 valence electrons. The number of aliphatic hydroxyl groups excluding tert-OH is 1. The van der Waals surface area contributed by atoms with Gasteiger partial charge in [-0.3, -0.25) is 0 Å². The summed E-state index contributed by atoms with van der Waals surface area (Å²) < 4.78 is 5.26. The zero-order valence-corrected chi connectivity index (χ0v) is 10.0. The van der Waals surface area contributed by atoms with Crippen LogP contribution < -0.4 is 0 Å². The largest absolute Gasteiger partial charge is 0.444 e. The lowest BCUT2D eigenvalue weighted by Crippen LogP contribution is -2.37. The molecule has 0 aromatic carbocycles. The molecule has 1 rings (SSSR count). The van der Waals surface area contributed by atoms with Crippen LogP contribution in [-0.4, -0.2) is 41.4 Å². The molecule has 4 heteroatoms. The molecule has 1 unspecified atom stereocenters. The van der Waals surface area contributed by atoms with Gasteiger partial charge in [0.15, 0.2) is 0 Å². The number of aliphatic hydroxyl groups is 1. The zero-order valence-electron chi connectivity index (χ0n) is 10.0. The third-order valence-electron chi connectivity index (χ3n) is 2.59. The smallest absolute Gasteiger partial charge is 0.410 e. The third kappa shape index (κ3) is 3.38. The van der Waals surface area contributed by atoms with Gasteiger partial charge in [0.05, 0.1) is 6.61 Å². The van der Waals surface area contributed by atoms with E-state index in [4.69, 9.17) is 4.74 Å². The molecule has 1 saturated heterocycles. The number of hydrogen-bond donors (Lipinski definition) is 1. The Balaban J connectivity index is 2.51. The van der Waals surface area contributed by atoms with Crippen molar-refractivity contribution in [1.29, 1.82) is 0 Å². The Morgan fingerprint density at radius 2 is 2.13 bits per heavy atom. The first-order valence-electron chi connectivity index (χ1n) is 5.35. The average molecular weight is 215 g/mol. The van der Waals surface area contributed by atoms with Gasteiger partial charge in [0.1, 0.15) is 5.60 Å². The maximum atomic E-state index is 11.7. The van der Waals surface area contributed by atoms with E-state index in [0.29, 0.717) is 13.1 Å². The van der Waals surface area contributed by atoms with E-state index in [2.05, 4.69) is 0 Å². The molecule has 1 N–H and O–H groups in total. The summed E-state index contributed by atoms with van der Waals surface area (Å²) in [7, 11) is 0. The summed E-state index contributed by atoms with van der Waals surface area (Å²) in [5, 5.41) is 9.18. The Kier molecular flexibility index (Phi) is 3.28. The monoisotopic (exact) mass is 215 g/mol. The van der Waals surface area contributed by atoms with E-state index in [9.17, 15) is 9.90 Å². The van der Waals surface area contributed by atoms with E-state index in [1.54, 1.807) is 4.90 Å². The van der Waals surface area contributed by atoms with Crippen LogP contribution in [0.1, 0.15) is 34.1 Å². The summed E-state index contributed by atoms with van der Waals surface area (Å²) in [5.41, 5.74) is -0.605. The molecule has 0 aromatic heterocycles. The zero-order chi connectivity index (χ0) is 11.7. The molecule has 1 aliphatic rings. The van der Waals surface area contributed by atoms with Crippen molar-refractivity contribution in [1.82, 2.24) is 4.90 Å². The number of ether oxygens (including phenoxy) is 1. The summed E-state index contributed by atoms with van der Waals surface area (Å²) in [6.45, 7) is 8.92. The highest BCUT2D eigenvalue weighted by atomic mass is 16.6. The number of nitrogens with zero attached hydrogens (tertiary/aromatic N) is 1. The molecule has 4 nitrogen and oxygen atoms in total. The second-order valence-corrected chi connectivity index (χ2v) is 5.62. The van der Waals surface area contributed by atoms with Crippen molar-refractivity contribution < 1.29 is 14.6 Å². The third-order valence-corrected chi connectivity index (χ3v) is 2.59. The van der Waals surface area contributed by atoms with Crippen molar-refractivity contribution in [3.63, 3.8) is 0 Å². The Morgan fingerprint density at radius 1 is 1.53 bits per heavy atom. The second-order valence-electron chi connectivity index (χ2n) is 5.62. The van der Waals surface area contributed by atoms with Crippen molar-refractivity contribution in [2.45, 2.75) is 39.7 Å². The molecule has 0 saturated carbocycles. The van der Waals surface area contributed by atoms with E-state index >= 15 is 0 Å². The molecule has 1 atom stereocenters. The topological polar surface area (TPSA) is 49.8 Å². The van der Waals surface area contributed by atoms with Gasteiger partial charge in [-0.15, -0.1) is 0 Å². The van der Waals surface area contributed by atoms with E-state index < -0.39 is 5.60 Å². The minimum Gasteiger partial charge on any atom is -0.444 e. The lowest BCUT2D eigenvalue weighted by atomic mass is 9.91. The fourth-order valence-electron chi connectivity index (χ4n) is 1.64. The van der Waals surface area contributed by atoms with Crippen molar-refractivity contribution in [3.05, 3.63) is 0 Å². The van der Waals surface area contributed by atoms with Crippen molar-refractivity contribution >= 4 is 6.09 Å². The number of hydrogen-bond acceptors (Lipinski definition) is 3. The Labute approximate surface area is 91.2 Å². The van der Waals surface area contributed by atoms with Gasteiger partial charge >= 0.3 is 6.09 Å². The standard InChI is InChI=1S/C11H21NO3/c1-10(2,3)15-9(14)12-6-5-11(4,7-12)8-13/h13H,5-8H2,1-4H3. The second kappa shape index (κ2) is 4.00. The van der Waals surface area contributed by atoms with Crippen LogP contribution in [0.3, 0.4) is 0 Å². The highest BCUT2D eigenvalue weighted by Crippen LogP contribution is 2.29. The highest BCUT2D eigenvalue weighted by molar-refractivity contribution is 5.68. The highest BCUT2D eigenvalue weighted by Gasteiger charge is 2.37. The molecule has 1 aliphatic heterocycles. The first-order chi connectivity index (χ1) is 6.76. The van der Waals surface area contributed by atoms with Crippen LogP contribution >= 0.6 is 0 Å². The number of rotatable bonds is 1. The SMILES string of the molecule is CC1(CO)CCN(C(=O)OC(C)(C)C)C1. The normalized spacial score (nSPS) is 26.9. The van der Waals surface area contributed by atoms with Crippen LogP contribution in [0.15, 0.2) is 0 Å². The molecular formula is C11H21NO3. The van der Waals surface area contributed by atoms with Gasteiger partial charge in [-0.05, 0) is 27.2 Å². The van der Waals surface area contributed by atoms with Crippen LogP contribution in [-0.2, 0) is 4.74 Å². The number of amides is 1. The number of carbonyl (C=O) groups is 1. The lowest BCUT2D eigenvalue weighted by molar-refractivity contribution is 0.0261. The molecular weight excluding hydrogens is 194 g/mol. The molecule has 15 heavy (non-hydrogen) atoms. The maximum Gasteiger partial charge on any atom is 0.410 e. The summed E-state index contributed by atoms with van der Waals surface area (Å²) in [6, 6.07) is 0. The van der Waals surface area contributed by atoms with Crippen LogP contribution in [0.4, 0.5) is 4.79 Å². The van der Waals surface area contributed by atoms with Gasteiger partial charge in [-0.1, -0.05) is 6.92 Å². The van der Waals surface area contributed by atoms with Gasteiger partial charge < -0.3 is 14.7 Å². The van der Waals surface area contributed by atoms with Gasteiger partial charge in [0.25, 0.3) is 0 Å². The summed E-state index contributed by atoms with van der Waals surface area (Å²) in [5.74, 6) is 0. The molecule has 0 aliphatic carbocycles. The molecule has 0 spiro atoms. The number of carbonyl (C=O) groups excluding carboxylic acids is 1. The van der Waals surface area contributed by atoms with Crippen molar-refractivity contribution in [3.8, 4) is 0 Å². The predicted molar refractivity (Wildman–Crippen MR) is 57.6 cm³/mol. The van der Waals surface area contributed by atoms with Crippen LogP contribution in [0, 0.1) is 5.41 Å². The molecule has 0 bridgehead atoms. The van der Waals surface area contributed by atoms with Gasteiger partial charge in [-0.2, -0.15) is 0 Å².